The van der Waals surface area contributed by atoms with Gasteiger partial charge < -0.3 is 10.6 Å². The third-order valence-electron chi connectivity index (χ3n) is 3.66. The number of halogens is 2. The Morgan fingerprint density at radius 3 is 2.44 bits per heavy atom. The molecule has 0 radical (unpaired) electrons. The lowest BCUT2D eigenvalue weighted by Gasteiger charge is -2.12. The molecule has 0 fully saturated rings. The first kappa shape index (κ1) is 21.1. The van der Waals surface area contributed by atoms with Gasteiger partial charge in [-0.05, 0) is 42.3 Å². The number of nitrogens with zero attached hydrogens (tertiary/aromatic N) is 1. The SMILES string of the molecule is CN=C(NCCNS(=O)(=O)c1cccc(Cl)c1)NCCc1ccc(F)cc1. The number of hydrogen-bond donors (Lipinski definition) is 3. The van der Waals surface area contributed by atoms with Gasteiger partial charge in [0.2, 0.25) is 10.0 Å². The summed E-state index contributed by atoms with van der Waals surface area (Å²) in [7, 11) is -1.98. The summed E-state index contributed by atoms with van der Waals surface area (Å²) in [6.45, 7) is 1.16. The second-order valence-corrected chi connectivity index (χ2v) is 7.86. The van der Waals surface area contributed by atoms with Crippen molar-refractivity contribution in [1.29, 1.82) is 0 Å². The molecule has 0 atom stereocenters. The zero-order valence-corrected chi connectivity index (χ0v) is 16.4. The molecule has 0 unspecified atom stereocenters. The van der Waals surface area contributed by atoms with Crippen molar-refractivity contribution in [3.05, 3.63) is 64.9 Å². The van der Waals surface area contributed by atoms with Crippen LogP contribution in [0.25, 0.3) is 0 Å². The van der Waals surface area contributed by atoms with E-state index in [0.717, 1.165) is 5.56 Å². The van der Waals surface area contributed by atoms with Crippen LogP contribution >= 0.6 is 11.6 Å². The van der Waals surface area contributed by atoms with E-state index in [2.05, 4.69) is 20.3 Å². The van der Waals surface area contributed by atoms with E-state index in [9.17, 15) is 12.8 Å². The van der Waals surface area contributed by atoms with Gasteiger partial charge in [0.15, 0.2) is 5.96 Å². The molecule has 2 aromatic rings. The molecule has 2 aromatic carbocycles. The van der Waals surface area contributed by atoms with Crippen LogP contribution in [-0.4, -0.2) is 41.1 Å². The molecule has 0 aromatic heterocycles. The van der Waals surface area contributed by atoms with Crippen LogP contribution in [0.15, 0.2) is 58.4 Å². The Hall–Kier alpha value is -2.16. The number of rotatable bonds is 8. The van der Waals surface area contributed by atoms with Gasteiger partial charge in [-0.3, -0.25) is 4.99 Å². The van der Waals surface area contributed by atoms with Crippen molar-refractivity contribution in [1.82, 2.24) is 15.4 Å². The molecule has 0 bridgehead atoms. The molecule has 0 aliphatic heterocycles. The highest BCUT2D eigenvalue weighted by Crippen LogP contribution is 2.14. The quantitative estimate of drug-likeness (QED) is 0.352. The highest BCUT2D eigenvalue weighted by Gasteiger charge is 2.13. The third kappa shape index (κ3) is 7.16. The normalized spacial score (nSPS) is 12.0. The molecule has 27 heavy (non-hydrogen) atoms. The Morgan fingerprint density at radius 2 is 1.78 bits per heavy atom. The molecule has 0 saturated heterocycles. The van der Waals surface area contributed by atoms with Crippen LogP contribution in [0.5, 0.6) is 0 Å². The van der Waals surface area contributed by atoms with Gasteiger partial charge in [0.05, 0.1) is 4.90 Å². The van der Waals surface area contributed by atoms with Gasteiger partial charge in [-0.2, -0.15) is 0 Å². The summed E-state index contributed by atoms with van der Waals surface area (Å²) in [6, 6.07) is 12.4. The lowest BCUT2D eigenvalue weighted by atomic mass is 10.1. The number of guanidine groups is 1. The van der Waals surface area contributed by atoms with E-state index in [1.54, 1.807) is 31.3 Å². The minimum absolute atomic E-state index is 0.122. The maximum atomic E-state index is 12.9. The summed E-state index contributed by atoms with van der Waals surface area (Å²) < 4.78 is 39.7. The van der Waals surface area contributed by atoms with E-state index in [-0.39, 0.29) is 17.3 Å². The van der Waals surface area contributed by atoms with Gasteiger partial charge in [-0.15, -0.1) is 0 Å². The second kappa shape index (κ2) is 10.2. The first-order valence-corrected chi connectivity index (χ1v) is 10.2. The van der Waals surface area contributed by atoms with Crippen molar-refractivity contribution in [3.63, 3.8) is 0 Å². The lowest BCUT2D eigenvalue weighted by molar-refractivity contribution is 0.580. The number of nitrogens with one attached hydrogen (secondary N) is 3. The predicted octanol–water partition coefficient (Wildman–Crippen LogP) is 2.17. The largest absolute Gasteiger partial charge is 0.356 e. The van der Waals surface area contributed by atoms with Gasteiger partial charge in [0, 0.05) is 31.7 Å². The van der Waals surface area contributed by atoms with Gasteiger partial charge in [-0.1, -0.05) is 29.8 Å². The van der Waals surface area contributed by atoms with Gasteiger partial charge in [0.1, 0.15) is 5.82 Å². The van der Waals surface area contributed by atoms with Crippen molar-refractivity contribution in [2.24, 2.45) is 4.99 Å². The van der Waals surface area contributed by atoms with E-state index in [1.165, 1.54) is 24.3 Å². The lowest BCUT2D eigenvalue weighted by Crippen LogP contribution is -2.42. The summed E-state index contributed by atoms with van der Waals surface area (Å²) in [5.41, 5.74) is 1.01. The molecule has 2 rings (SSSR count). The molecule has 146 valence electrons. The monoisotopic (exact) mass is 412 g/mol. The van der Waals surface area contributed by atoms with Crippen molar-refractivity contribution in [2.45, 2.75) is 11.3 Å². The fraction of sp³-hybridized carbons (Fsp3) is 0.278. The molecular weight excluding hydrogens is 391 g/mol. The van der Waals surface area contributed by atoms with Crippen LogP contribution in [0.4, 0.5) is 4.39 Å². The van der Waals surface area contributed by atoms with Crippen molar-refractivity contribution >= 4 is 27.6 Å². The maximum absolute atomic E-state index is 12.9. The highest BCUT2D eigenvalue weighted by atomic mass is 35.5. The van der Waals surface area contributed by atoms with Crippen LogP contribution in [0, 0.1) is 5.82 Å². The average molecular weight is 413 g/mol. The van der Waals surface area contributed by atoms with Crippen molar-refractivity contribution < 1.29 is 12.8 Å². The summed E-state index contributed by atoms with van der Waals surface area (Å²) in [5, 5.41) is 6.51. The van der Waals surface area contributed by atoms with Crippen LogP contribution in [0.2, 0.25) is 5.02 Å². The Kier molecular flexibility index (Phi) is 8.02. The highest BCUT2D eigenvalue weighted by molar-refractivity contribution is 7.89. The number of sulfonamides is 1. The fourth-order valence-corrected chi connectivity index (χ4v) is 3.61. The first-order valence-electron chi connectivity index (χ1n) is 8.35. The molecule has 6 nitrogen and oxygen atoms in total. The van der Waals surface area contributed by atoms with Crippen molar-refractivity contribution in [2.75, 3.05) is 26.7 Å². The Balaban J connectivity index is 1.72. The second-order valence-electron chi connectivity index (χ2n) is 5.66. The minimum Gasteiger partial charge on any atom is -0.356 e. The van der Waals surface area contributed by atoms with E-state index in [4.69, 9.17) is 11.6 Å². The number of hydrogen-bond acceptors (Lipinski definition) is 3. The number of benzene rings is 2. The predicted molar refractivity (Wildman–Crippen MR) is 106 cm³/mol. The Labute approximate surface area is 163 Å². The molecule has 0 aliphatic carbocycles. The molecular formula is C18H22ClFN4O2S. The van der Waals surface area contributed by atoms with E-state index < -0.39 is 10.0 Å². The fourth-order valence-electron chi connectivity index (χ4n) is 2.28. The Morgan fingerprint density at radius 1 is 1.07 bits per heavy atom. The molecule has 9 heteroatoms. The first-order chi connectivity index (χ1) is 12.9. The van der Waals surface area contributed by atoms with Gasteiger partial charge in [-0.25, -0.2) is 17.5 Å². The standard InChI is InChI=1S/C18H22ClFN4O2S/c1-21-18(22-10-9-14-5-7-16(20)8-6-14)23-11-12-24-27(25,26)17-4-2-3-15(19)13-17/h2-8,13,24H,9-12H2,1H3,(H2,21,22,23). The van der Waals surface area contributed by atoms with E-state index >= 15 is 0 Å². The van der Waals surface area contributed by atoms with Crippen molar-refractivity contribution in [3.8, 4) is 0 Å². The molecule has 0 saturated carbocycles. The van der Waals surface area contributed by atoms with Crippen LogP contribution in [0.1, 0.15) is 5.56 Å². The molecule has 0 spiro atoms. The van der Waals surface area contributed by atoms with Crippen LogP contribution < -0.4 is 15.4 Å². The third-order valence-corrected chi connectivity index (χ3v) is 5.35. The van der Waals surface area contributed by atoms with Crippen LogP contribution in [-0.2, 0) is 16.4 Å². The minimum atomic E-state index is -3.61. The summed E-state index contributed by atoms with van der Waals surface area (Å²) in [4.78, 5) is 4.20. The molecule has 3 N–H and O–H groups in total. The average Bonchev–Trinajstić information content (AvgIpc) is 2.65. The molecule has 0 amide bonds. The summed E-state index contributed by atoms with van der Waals surface area (Å²) in [6.07, 6.45) is 0.711. The van der Waals surface area contributed by atoms with Gasteiger partial charge in [0.25, 0.3) is 0 Å². The topological polar surface area (TPSA) is 82.6 Å². The van der Waals surface area contributed by atoms with E-state index in [0.29, 0.717) is 30.5 Å². The number of aliphatic imine (C=N–C) groups is 1. The summed E-state index contributed by atoms with van der Waals surface area (Å²) in [5.74, 6) is 0.295. The molecule has 0 heterocycles. The molecule has 0 aliphatic rings. The Bertz CT molecular complexity index is 873. The van der Waals surface area contributed by atoms with Crippen LogP contribution in [0.3, 0.4) is 0 Å². The summed E-state index contributed by atoms with van der Waals surface area (Å²) >= 11 is 5.83. The zero-order chi connectivity index (χ0) is 19.7. The smallest absolute Gasteiger partial charge is 0.240 e. The van der Waals surface area contributed by atoms with Gasteiger partial charge >= 0.3 is 0 Å². The maximum Gasteiger partial charge on any atom is 0.240 e. The van der Waals surface area contributed by atoms with E-state index in [1.807, 2.05) is 0 Å². The zero-order valence-electron chi connectivity index (χ0n) is 14.9.